The first-order chi connectivity index (χ1) is 14.6. The number of urea groups is 1. The fourth-order valence-electron chi connectivity index (χ4n) is 4.10. The van der Waals surface area contributed by atoms with Crippen LogP contribution < -0.4 is 10.1 Å². The van der Waals surface area contributed by atoms with Gasteiger partial charge in [0.1, 0.15) is 12.1 Å². The Morgan fingerprint density at radius 1 is 1.20 bits per heavy atom. The van der Waals surface area contributed by atoms with E-state index in [0.717, 1.165) is 41.1 Å². The number of carbonyl (C=O) groups excluding carboxylic acids is 1. The predicted molar refractivity (Wildman–Crippen MR) is 114 cm³/mol. The summed E-state index contributed by atoms with van der Waals surface area (Å²) in [7, 11) is 1.67. The predicted octanol–water partition coefficient (Wildman–Crippen LogP) is 3.98. The number of tetrazole rings is 1. The van der Waals surface area contributed by atoms with Crippen LogP contribution in [0.1, 0.15) is 36.9 Å². The third-order valence-electron chi connectivity index (χ3n) is 5.62. The molecule has 156 valence electrons. The van der Waals surface area contributed by atoms with E-state index in [9.17, 15) is 4.79 Å². The molecule has 1 N–H and O–H groups in total. The van der Waals surface area contributed by atoms with Crippen LogP contribution in [0, 0.1) is 12.8 Å². The lowest BCUT2D eigenvalue weighted by molar-refractivity contribution is 0.138. The van der Waals surface area contributed by atoms with Crippen LogP contribution in [-0.2, 0) is 0 Å². The Labute approximate surface area is 175 Å². The number of hydrogen-bond donors (Lipinski definition) is 1. The van der Waals surface area contributed by atoms with E-state index < -0.39 is 0 Å². The van der Waals surface area contributed by atoms with E-state index in [0.29, 0.717) is 12.5 Å². The number of methoxy groups -OCH3 is 1. The van der Waals surface area contributed by atoms with Gasteiger partial charge in [-0.25, -0.2) is 9.48 Å². The van der Waals surface area contributed by atoms with Crippen LogP contribution in [0.5, 0.6) is 5.75 Å². The summed E-state index contributed by atoms with van der Waals surface area (Å²) in [4.78, 5) is 15.2. The number of aromatic nitrogens is 4. The first-order valence-corrected chi connectivity index (χ1v) is 10.1. The van der Waals surface area contributed by atoms with E-state index in [1.54, 1.807) is 18.1 Å². The molecule has 2 aromatic carbocycles. The maximum atomic E-state index is 13.3. The summed E-state index contributed by atoms with van der Waals surface area (Å²) in [6, 6.07) is 13.5. The van der Waals surface area contributed by atoms with Crippen molar-refractivity contribution in [1.82, 2.24) is 25.1 Å². The Bertz CT molecular complexity index is 1020. The average molecular weight is 406 g/mol. The molecule has 1 fully saturated rings. The lowest BCUT2D eigenvalue weighted by Gasteiger charge is -2.39. The van der Waals surface area contributed by atoms with E-state index in [1.807, 2.05) is 54.3 Å². The second kappa shape index (κ2) is 8.52. The number of nitrogens with zero attached hydrogens (tertiary/aromatic N) is 5. The van der Waals surface area contributed by atoms with Crippen molar-refractivity contribution < 1.29 is 9.53 Å². The number of para-hydroxylation sites is 1. The Balaban J connectivity index is 1.56. The quantitative estimate of drug-likeness (QED) is 0.708. The van der Waals surface area contributed by atoms with E-state index in [-0.39, 0.29) is 12.1 Å². The zero-order valence-electron chi connectivity index (χ0n) is 17.4. The van der Waals surface area contributed by atoms with E-state index in [1.165, 1.54) is 0 Å². The Morgan fingerprint density at radius 2 is 2.03 bits per heavy atom. The molecular formula is C22H26N6O2. The first-order valence-electron chi connectivity index (χ1n) is 10.1. The van der Waals surface area contributed by atoms with Crippen molar-refractivity contribution in [2.24, 2.45) is 5.92 Å². The minimum Gasteiger partial charge on any atom is -0.496 e. The van der Waals surface area contributed by atoms with Crippen LogP contribution >= 0.6 is 0 Å². The van der Waals surface area contributed by atoms with Crippen molar-refractivity contribution in [3.8, 4) is 11.4 Å². The van der Waals surface area contributed by atoms with Crippen LogP contribution in [0.25, 0.3) is 5.69 Å². The highest BCUT2D eigenvalue weighted by molar-refractivity contribution is 5.90. The maximum Gasteiger partial charge on any atom is 0.322 e. The van der Waals surface area contributed by atoms with Crippen LogP contribution in [0.2, 0.25) is 0 Å². The fourth-order valence-corrected chi connectivity index (χ4v) is 4.10. The van der Waals surface area contributed by atoms with Gasteiger partial charge in [0.2, 0.25) is 0 Å². The molecule has 2 unspecified atom stereocenters. The molecule has 30 heavy (non-hydrogen) atoms. The van der Waals surface area contributed by atoms with Gasteiger partial charge in [-0.05, 0) is 65.9 Å². The van der Waals surface area contributed by atoms with Gasteiger partial charge in [0, 0.05) is 17.8 Å². The highest BCUT2D eigenvalue weighted by Crippen LogP contribution is 2.38. The number of nitrogens with one attached hydrogen (secondary N) is 1. The minimum absolute atomic E-state index is 0.0149. The van der Waals surface area contributed by atoms with Crippen molar-refractivity contribution in [3.63, 3.8) is 0 Å². The average Bonchev–Trinajstić information content (AvgIpc) is 3.28. The number of aryl methyl sites for hydroxylation is 1. The number of piperidine rings is 1. The van der Waals surface area contributed by atoms with Crippen LogP contribution in [0.15, 0.2) is 48.8 Å². The monoisotopic (exact) mass is 406 g/mol. The molecule has 0 bridgehead atoms. The summed E-state index contributed by atoms with van der Waals surface area (Å²) < 4.78 is 7.16. The van der Waals surface area contributed by atoms with E-state index in [2.05, 4.69) is 27.8 Å². The van der Waals surface area contributed by atoms with Gasteiger partial charge in [-0.3, -0.25) is 0 Å². The molecule has 1 saturated heterocycles. The maximum absolute atomic E-state index is 13.3. The standard InChI is InChI=1S/C22H26N6O2/c1-15-8-10-20(18-6-4-5-7-21(18)30-3)27(13-15)22(29)24-17-9-11-19(16(2)12-17)28-14-23-25-26-28/h4-7,9,11-12,14-15,20H,8,10,13H2,1-3H3,(H,24,29). The molecule has 2 atom stereocenters. The zero-order valence-corrected chi connectivity index (χ0v) is 17.4. The molecule has 2 heterocycles. The summed E-state index contributed by atoms with van der Waals surface area (Å²) in [5.74, 6) is 1.27. The number of anilines is 1. The molecule has 0 radical (unpaired) electrons. The van der Waals surface area contributed by atoms with Gasteiger partial charge < -0.3 is 15.0 Å². The summed E-state index contributed by atoms with van der Waals surface area (Å²) in [6.45, 7) is 4.85. The van der Waals surface area contributed by atoms with Gasteiger partial charge in [-0.1, -0.05) is 25.1 Å². The zero-order chi connectivity index (χ0) is 21.1. The third-order valence-corrected chi connectivity index (χ3v) is 5.62. The van der Waals surface area contributed by atoms with Gasteiger partial charge in [-0.2, -0.15) is 0 Å². The number of hydrogen-bond acceptors (Lipinski definition) is 5. The van der Waals surface area contributed by atoms with Gasteiger partial charge in [-0.15, -0.1) is 5.10 Å². The fraction of sp³-hybridized carbons (Fsp3) is 0.364. The summed E-state index contributed by atoms with van der Waals surface area (Å²) in [5, 5.41) is 14.3. The van der Waals surface area contributed by atoms with Crippen molar-refractivity contribution >= 4 is 11.7 Å². The lowest BCUT2D eigenvalue weighted by atomic mass is 9.90. The topological polar surface area (TPSA) is 85.2 Å². The second-order valence-electron chi connectivity index (χ2n) is 7.78. The summed E-state index contributed by atoms with van der Waals surface area (Å²) >= 11 is 0. The minimum atomic E-state index is -0.105. The van der Waals surface area contributed by atoms with Crippen molar-refractivity contribution in [2.75, 3.05) is 19.0 Å². The molecule has 1 aliphatic heterocycles. The molecule has 4 rings (SSSR count). The van der Waals surface area contributed by atoms with Gasteiger partial charge in [0.05, 0.1) is 18.8 Å². The highest BCUT2D eigenvalue weighted by atomic mass is 16.5. The molecule has 1 aliphatic rings. The number of carbonyl (C=O) groups is 1. The Hall–Kier alpha value is -3.42. The van der Waals surface area contributed by atoms with Crippen LogP contribution in [-0.4, -0.2) is 44.8 Å². The second-order valence-corrected chi connectivity index (χ2v) is 7.78. The molecule has 2 amide bonds. The first kappa shape index (κ1) is 19.9. The molecule has 0 aliphatic carbocycles. The molecular weight excluding hydrogens is 380 g/mol. The number of ether oxygens (including phenoxy) is 1. The molecule has 3 aromatic rings. The Kier molecular flexibility index (Phi) is 5.65. The number of rotatable bonds is 4. The SMILES string of the molecule is COc1ccccc1C1CCC(C)CN1C(=O)Nc1ccc(-n2cnnn2)c(C)c1. The highest BCUT2D eigenvalue weighted by Gasteiger charge is 2.32. The van der Waals surface area contributed by atoms with Gasteiger partial charge in [0.15, 0.2) is 0 Å². The van der Waals surface area contributed by atoms with Crippen LogP contribution in [0.4, 0.5) is 10.5 Å². The smallest absolute Gasteiger partial charge is 0.322 e. The van der Waals surface area contributed by atoms with Crippen LogP contribution in [0.3, 0.4) is 0 Å². The largest absolute Gasteiger partial charge is 0.496 e. The number of benzene rings is 2. The molecule has 1 aromatic heterocycles. The third kappa shape index (κ3) is 3.98. The van der Waals surface area contributed by atoms with Crippen molar-refractivity contribution in [3.05, 3.63) is 59.9 Å². The lowest BCUT2D eigenvalue weighted by Crippen LogP contribution is -2.44. The van der Waals surface area contributed by atoms with Gasteiger partial charge >= 0.3 is 6.03 Å². The van der Waals surface area contributed by atoms with E-state index in [4.69, 9.17) is 4.74 Å². The molecule has 8 nitrogen and oxygen atoms in total. The van der Waals surface area contributed by atoms with Crippen molar-refractivity contribution in [1.29, 1.82) is 0 Å². The Morgan fingerprint density at radius 3 is 2.77 bits per heavy atom. The summed E-state index contributed by atoms with van der Waals surface area (Å²) in [5.41, 5.74) is 3.63. The molecule has 0 spiro atoms. The number of amides is 2. The van der Waals surface area contributed by atoms with Crippen molar-refractivity contribution in [2.45, 2.75) is 32.7 Å². The molecule has 8 heteroatoms. The molecule has 0 saturated carbocycles. The van der Waals surface area contributed by atoms with E-state index >= 15 is 0 Å². The van der Waals surface area contributed by atoms with Gasteiger partial charge in [0.25, 0.3) is 0 Å². The number of likely N-dealkylation sites (tertiary alicyclic amines) is 1. The summed E-state index contributed by atoms with van der Waals surface area (Å²) in [6.07, 6.45) is 3.53. The normalized spacial score (nSPS) is 18.8.